The number of carbonyl (C=O) groups excluding carboxylic acids is 1. The Hall–Kier alpha value is -1.53. The van der Waals surface area contributed by atoms with Crippen molar-refractivity contribution in [3.05, 3.63) is 40.6 Å². The van der Waals surface area contributed by atoms with Crippen molar-refractivity contribution in [2.24, 2.45) is 5.92 Å². The number of carbonyl (C=O) groups is 1. The van der Waals surface area contributed by atoms with Gasteiger partial charge < -0.3 is 9.32 Å². The van der Waals surface area contributed by atoms with Gasteiger partial charge in [0.1, 0.15) is 11.5 Å². The predicted octanol–water partition coefficient (Wildman–Crippen LogP) is 3.84. The van der Waals surface area contributed by atoms with Crippen LogP contribution in [0.3, 0.4) is 0 Å². The summed E-state index contributed by atoms with van der Waals surface area (Å²) < 4.78 is 5.85. The monoisotopic (exact) mass is 351 g/mol. The molecule has 0 aromatic carbocycles. The van der Waals surface area contributed by atoms with Crippen molar-refractivity contribution in [1.82, 2.24) is 14.9 Å². The Morgan fingerprint density at radius 2 is 2.26 bits per heavy atom. The van der Waals surface area contributed by atoms with E-state index in [9.17, 15) is 4.79 Å². The van der Waals surface area contributed by atoms with Crippen molar-refractivity contribution in [2.75, 3.05) is 13.3 Å². The standard InChI is InChI=1S/C16H18ClN3O2S/c1-9-6-11(9)13-5-4-10(22-13)8-20(2)15(21)14-12(17)7-18-16(19-14)23-3/h4-5,7,9,11H,6,8H2,1-3H3/t9-,11+/m1/s1. The molecule has 7 heteroatoms. The van der Waals surface area contributed by atoms with E-state index in [-0.39, 0.29) is 16.6 Å². The highest BCUT2D eigenvalue weighted by Crippen LogP contribution is 2.47. The second kappa shape index (κ2) is 6.53. The van der Waals surface area contributed by atoms with Crippen molar-refractivity contribution < 1.29 is 9.21 Å². The largest absolute Gasteiger partial charge is 0.464 e. The summed E-state index contributed by atoms with van der Waals surface area (Å²) in [5, 5.41) is 0.778. The van der Waals surface area contributed by atoms with Crippen molar-refractivity contribution in [3.8, 4) is 0 Å². The van der Waals surface area contributed by atoms with Gasteiger partial charge in [0, 0.05) is 13.0 Å². The van der Waals surface area contributed by atoms with Gasteiger partial charge in [-0.2, -0.15) is 0 Å². The zero-order valence-corrected chi connectivity index (χ0v) is 14.8. The van der Waals surface area contributed by atoms with Crippen LogP contribution in [0.15, 0.2) is 27.9 Å². The first-order chi connectivity index (χ1) is 11.0. The third-order valence-electron chi connectivity index (χ3n) is 4.00. The van der Waals surface area contributed by atoms with Gasteiger partial charge in [-0.1, -0.05) is 30.3 Å². The van der Waals surface area contributed by atoms with Crippen LogP contribution in [0.25, 0.3) is 0 Å². The molecule has 122 valence electrons. The van der Waals surface area contributed by atoms with E-state index < -0.39 is 0 Å². The number of amides is 1. The first-order valence-corrected chi connectivity index (χ1v) is 9.00. The maximum Gasteiger partial charge on any atom is 0.274 e. The molecule has 2 heterocycles. The molecule has 2 atom stereocenters. The zero-order valence-electron chi connectivity index (χ0n) is 13.2. The SMILES string of the molecule is CSc1ncc(Cl)c(C(=O)N(C)Cc2ccc([C@H]3C[C@H]3C)o2)n1. The minimum atomic E-state index is -0.245. The summed E-state index contributed by atoms with van der Waals surface area (Å²) in [5.74, 6) is 2.76. The summed E-state index contributed by atoms with van der Waals surface area (Å²) in [7, 11) is 1.71. The number of thioether (sulfide) groups is 1. The molecule has 0 unspecified atom stereocenters. The quantitative estimate of drug-likeness (QED) is 0.605. The summed E-state index contributed by atoms with van der Waals surface area (Å²) in [6.45, 7) is 2.60. The Morgan fingerprint density at radius 3 is 2.91 bits per heavy atom. The van der Waals surface area contributed by atoms with Gasteiger partial charge in [-0.15, -0.1) is 0 Å². The number of nitrogens with zero attached hydrogens (tertiary/aromatic N) is 3. The lowest BCUT2D eigenvalue weighted by atomic mass is 10.3. The second-order valence-electron chi connectivity index (χ2n) is 5.84. The van der Waals surface area contributed by atoms with E-state index >= 15 is 0 Å². The average Bonchev–Trinajstić information content (AvgIpc) is 3.09. The minimum absolute atomic E-state index is 0.219. The molecule has 3 rings (SSSR count). The number of aromatic nitrogens is 2. The number of hydrogen-bond donors (Lipinski definition) is 0. The predicted molar refractivity (Wildman–Crippen MR) is 89.9 cm³/mol. The Morgan fingerprint density at radius 1 is 1.52 bits per heavy atom. The molecule has 1 aliphatic carbocycles. The molecule has 1 saturated carbocycles. The molecule has 0 saturated heterocycles. The van der Waals surface area contributed by atoms with E-state index in [0.717, 1.165) is 11.5 Å². The smallest absolute Gasteiger partial charge is 0.274 e. The Bertz CT molecular complexity index is 734. The highest BCUT2D eigenvalue weighted by atomic mass is 35.5. The number of furan rings is 1. The summed E-state index contributed by atoms with van der Waals surface area (Å²) in [5.41, 5.74) is 0.219. The molecule has 5 nitrogen and oxygen atoms in total. The number of hydrogen-bond acceptors (Lipinski definition) is 5. The summed E-state index contributed by atoms with van der Waals surface area (Å²) >= 11 is 7.43. The van der Waals surface area contributed by atoms with Gasteiger partial charge in [0.15, 0.2) is 10.9 Å². The van der Waals surface area contributed by atoms with Crippen LogP contribution in [0.2, 0.25) is 5.02 Å². The molecule has 2 aromatic heterocycles. The van der Waals surface area contributed by atoms with E-state index in [1.165, 1.54) is 24.4 Å². The normalized spacial score (nSPS) is 19.7. The molecule has 1 aliphatic rings. The van der Waals surface area contributed by atoms with E-state index in [0.29, 0.717) is 23.5 Å². The number of halogens is 1. The molecule has 0 radical (unpaired) electrons. The maximum atomic E-state index is 12.5. The van der Waals surface area contributed by atoms with Gasteiger partial charge in [0.2, 0.25) is 0 Å². The van der Waals surface area contributed by atoms with Crippen LogP contribution in [0, 0.1) is 5.92 Å². The van der Waals surface area contributed by atoms with Crippen molar-refractivity contribution >= 4 is 29.3 Å². The van der Waals surface area contributed by atoms with E-state index in [4.69, 9.17) is 16.0 Å². The molecule has 1 amide bonds. The topological polar surface area (TPSA) is 59.2 Å². The number of rotatable bonds is 5. The third-order valence-corrected chi connectivity index (χ3v) is 4.84. The lowest BCUT2D eigenvalue weighted by Crippen LogP contribution is -2.27. The highest BCUT2D eigenvalue weighted by Gasteiger charge is 2.36. The average molecular weight is 352 g/mol. The van der Waals surface area contributed by atoms with E-state index in [1.807, 2.05) is 18.4 Å². The second-order valence-corrected chi connectivity index (χ2v) is 7.02. The van der Waals surface area contributed by atoms with Gasteiger partial charge in [-0.3, -0.25) is 4.79 Å². The molecule has 0 bridgehead atoms. The van der Waals surface area contributed by atoms with Crippen molar-refractivity contribution in [1.29, 1.82) is 0 Å². The van der Waals surface area contributed by atoms with Gasteiger partial charge >= 0.3 is 0 Å². The Labute approximate surface area is 144 Å². The van der Waals surface area contributed by atoms with Gasteiger partial charge in [0.05, 0.1) is 17.8 Å². The maximum absolute atomic E-state index is 12.5. The van der Waals surface area contributed by atoms with E-state index in [2.05, 4.69) is 16.9 Å². The van der Waals surface area contributed by atoms with Crippen LogP contribution in [0.4, 0.5) is 0 Å². The highest BCUT2D eigenvalue weighted by molar-refractivity contribution is 7.98. The van der Waals surface area contributed by atoms with Gasteiger partial charge in [-0.05, 0) is 30.7 Å². The van der Waals surface area contributed by atoms with E-state index in [1.54, 1.807) is 11.9 Å². The van der Waals surface area contributed by atoms with Crippen LogP contribution in [-0.4, -0.2) is 34.1 Å². The Balaban J connectivity index is 1.71. The molecule has 1 fully saturated rings. The minimum Gasteiger partial charge on any atom is -0.464 e. The fourth-order valence-electron chi connectivity index (χ4n) is 2.48. The Kier molecular flexibility index (Phi) is 4.64. The van der Waals surface area contributed by atoms with Crippen LogP contribution >= 0.6 is 23.4 Å². The van der Waals surface area contributed by atoms with Crippen LogP contribution < -0.4 is 0 Å². The fourth-order valence-corrected chi connectivity index (χ4v) is 3.00. The lowest BCUT2D eigenvalue weighted by molar-refractivity contribution is 0.0768. The summed E-state index contributed by atoms with van der Waals surface area (Å²) in [4.78, 5) is 22.4. The van der Waals surface area contributed by atoms with Gasteiger partial charge in [0.25, 0.3) is 5.91 Å². The molecular weight excluding hydrogens is 334 g/mol. The molecule has 23 heavy (non-hydrogen) atoms. The lowest BCUT2D eigenvalue weighted by Gasteiger charge is -2.16. The molecular formula is C16H18ClN3O2S. The molecule has 0 N–H and O–H groups in total. The third kappa shape index (κ3) is 3.53. The molecule has 0 spiro atoms. The van der Waals surface area contributed by atoms with Gasteiger partial charge in [-0.25, -0.2) is 9.97 Å². The molecule has 0 aliphatic heterocycles. The fraction of sp³-hybridized carbons (Fsp3) is 0.438. The summed E-state index contributed by atoms with van der Waals surface area (Å²) in [6, 6.07) is 3.93. The summed E-state index contributed by atoms with van der Waals surface area (Å²) in [6.07, 6.45) is 4.49. The van der Waals surface area contributed by atoms with Crippen LogP contribution in [0.5, 0.6) is 0 Å². The molecule has 2 aromatic rings. The van der Waals surface area contributed by atoms with Crippen molar-refractivity contribution in [3.63, 3.8) is 0 Å². The first-order valence-electron chi connectivity index (χ1n) is 7.40. The van der Waals surface area contributed by atoms with Crippen molar-refractivity contribution in [2.45, 2.75) is 31.0 Å². The first kappa shape index (κ1) is 16.3. The van der Waals surface area contributed by atoms with Crippen LogP contribution in [-0.2, 0) is 6.54 Å². The zero-order chi connectivity index (χ0) is 16.6. The van der Waals surface area contributed by atoms with Crippen LogP contribution in [0.1, 0.15) is 41.3 Å².